The molecule has 1 aromatic rings. The van der Waals surface area contributed by atoms with Crippen LogP contribution in [0.15, 0.2) is 18.2 Å². The molecule has 2 N–H and O–H groups in total. The first-order valence-corrected chi connectivity index (χ1v) is 7.32. The molecule has 1 rings (SSSR count). The average molecular weight is 296 g/mol. The van der Waals surface area contributed by atoms with E-state index >= 15 is 0 Å². The van der Waals surface area contributed by atoms with Crippen LogP contribution in [0.4, 0.5) is 11.4 Å². The lowest BCUT2D eigenvalue weighted by atomic mass is 9.97. The molecule has 0 bridgehead atoms. The predicted octanol–water partition coefficient (Wildman–Crippen LogP) is 3.35. The van der Waals surface area contributed by atoms with Crippen LogP contribution in [0.3, 0.4) is 0 Å². The molecule has 0 heterocycles. The Kier molecular flexibility index (Phi) is 6.42. The molecule has 21 heavy (non-hydrogen) atoms. The van der Waals surface area contributed by atoms with Crippen molar-refractivity contribution in [2.24, 2.45) is 0 Å². The number of nitro benzene ring substituents is 1. The lowest BCUT2D eigenvalue weighted by molar-refractivity contribution is -0.384. The quantitative estimate of drug-likeness (QED) is 0.539. The molecule has 0 radical (unpaired) electrons. The van der Waals surface area contributed by atoms with Gasteiger partial charge in [0.15, 0.2) is 0 Å². The van der Waals surface area contributed by atoms with Gasteiger partial charge < -0.3 is 15.2 Å². The van der Waals surface area contributed by atoms with Gasteiger partial charge in [0.05, 0.1) is 23.2 Å². The monoisotopic (exact) mass is 296 g/mol. The molecule has 0 saturated heterocycles. The number of aliphatic hydroxyl groups is 1. The average Bonchev–Trinajstić information content (AvgIpc) is 2.50. The highest BCUT2D eigenvalue weighted by Crippen LogP contribution is 2.27. The van der Waals surface area contributed by atoms with Crippen LogP contribution in [-0.4, -0.2) is 28.8 Å². The minimum Gasteiger partial charge on any atom is -0.493 e. The molecule has 6 nitrogen and oxygen atoms in total. The van der Waals surface area contributed by atoms with Crippen molar-refractivity contribution in [3.05, 3.63) is 28.3 Å². The van der Waals surface area contributed by atoms with Gasteiger partial charge in [0.2, 0.25) is 0 Å². The smallest absolute Gasteiger partial charge is 0.275 e. The molecule has 0 aliphatic rings. The van der Waals surface area contributed by atoms with E-state index in [2.05, 4.69) is 5.32 Å². The van der Waals surface area contributed by atoms with Crippen molar-refractivity contribution in [3.8, 4) is 5.75 Å². The van der Waals surface area contributed by atoms with Gasteiger partial charge in [0, 0.05) is 24.4 Å². The summed E-state index contributed by atoms with van der Waals surface area (Å²) >= 11 is 0. The number of ether oxygens (including phenoxy) is 1. The van der Waals surface area contributed by atoms with Crippen molar-refractivity contribution in [1.29, 1.82) is 0 Å². The Morgan fingerprint density at radius 2 is 1.95 bits per heavy atom. The van der Waals surface area contributed by atoms with Gasteiger partial charge >= 0.3 is 0 Å². The fourth-order valence-corrected chi connectivity index (χ4v) is 1.86. The van der Waals surface area contributed by atoms with E-state index in [-0.39, 0.29) is 5.69 Å². The standard InChI is InChI=1S/C15H24N2O4/c1-4-7-21-14-9-12(8-13(10-14)17(19)20)16-11-15(18,5-2)6-3/h8-10,16,18H,4-7,11H2,1-3H3. The first-order chi connectivity index (χ1) is 9.94. The summed E-state index contributed by atoms with van der Waals surface area (Å²) in [6, 6.07) is 4.58. The highest BCUT2D eigenvalue weighted by atomic mass is 16.6. The maximum atomic E-state index is 11.0. The van der Waals surface area contributed by atoms with E-state index < -0.39 is 10.5 Å². The highest BCUT2D eigenvalue weighted by Gasteiger charge is 2.22. The number of non-ortho nitro benzene ring substituents is 1. The van der Waals surface area contributed by atoms with Crippen LogP contribution in [0, 0.1) is 10.1 Å². The van der Waals surface area contributed by atoms with Crippen molar-refractivity contribution in [3.63, 3.8) is 0 Å². The Balaban J connectivity index is 2.89. The van der Waals surface area contributed by atoms with Gasteiger partial charge in [-0.25, -0.2) is 0 Å². The third-order valence-electron chi connectivity index (χ3n) is 3.51. The molecule has 0 amide bonds. The Bertz CT molecular complexity index is 473. The van der Waals surface area contributed by atoms with E-state index in [0.29, 0.717) is 37.4 Å². The highest BCUT2D eigenvalue weighted by molar-refractivity contribution is 5.56. The number of nitrogens with one attached hydrogen (secondary N) is 1. The lowest BCUT2D eigenvalue weighted by Gasteiger charge is -2.26. The number of hydrogen-bond acceptors (Lipinski definition) is 5. The summed E-state index contributed by atoms with van der Waals surface area (Å²) in [6.45, 7) is 6.64. The van der Waals surface area contributed by atoms with Crippen LogP contribution in [-0.2, 0) is 0 Å². The molecule has 0 unspecified atom stereocenters. The summed E-state index contributed by atoms with van der Waals surface area (Å²) in [4.78, 5) is 10.5. The van der Waals surface area contributed by atoms with Crippen LogP contribution >= 0.6 is 0 Å². The summed E-state index contributed by atoms with van der Waals surface area (Å²) in [5.41, 5.74) is -0.257. The van der Waals surface area contributed by atoms with Crippen LogP contribution < -0.4 is 10.1 Å². The first kappa shape index (κ1) is 17.2. The molecule has 0 aromatic heterocycles. The fraction of sp³-hybridized carbons (Fsp3) is 0.600. The molecule has 0 atom stereocenters. The lowest BCUT2D eigenvalue weighted by Crippen LogP contribution is -2.35. The van der Waals surface area contributed by atoms with Gasteiger partial charge in [-0.05, 0) is 19.3 Å². The van der Waals surface area contributed by atoms with Crippen molar-refractivity contribution in [2.75, 3.05) is 18.5 Å². The third kappa shape index (κ3) is 5.23. The Labute approximate surface area is 125 Å². The zero-order valence-electron chi connectivity index (χ0n) is 12.9. The molecule has 0 saturated carbocycles. The molecule has 0 aliphatic carbocycles. The molecule has 0 spiro atoms. The minimum absolute atomic E-state index is 0.0253. The largest absolute Gasteiger partial charge is 0.493 e. The molecule has 6 heteroatoms. The molecule has 0 aliphatic heterocycles. The van der Waals surface area contributed by atoms with E-state index in [0.717, 1.165) is 6.42 Å². The Hall–Kier alpha value is -1.82. The van der Waals surface area contributed by atoms with Crippen LogP contribution in [0.25, 0.3) is 0 Å². The van der Waals surface area contributed by atoms with E-state index in [9.17, 15) is 15.2 Å². The number of anilines is 1. The second-order valence-corrected chi connectivity index (χ2v) is 5.11. The number of hydrogen-bond donors (Lipinski definition) is 2. The maximum Gasteiger partial charge on any atom is 0.275 e. The van der Waals surface area contributed by atoms with Crippen LogP contribution in [0.2, 0.25) is 0 Å². The number of benzene rings is 1. The minimum atomic E-state index is -0.810. The number of nitro groups is 1. The zero-order valence-corrected chi connectivity index (χ0v) is 12.9. The maximum absolute atomic E-state index is 11.0. The van der Waals surface area contributed by atoms with Crippen LogP contribution in [0.5, 0.6) is 5.75 Å². The second kappa shape index (κ2) is 7.83. The molecule has 0 fully saturated rings. The third-order valence-corrected chi connectivity index (χ3v) is 3.51. The van der Waals surface area contributed by atoms with Crippen molar-refractivity contribution >= 4 is 11.4 Å². The van der Waals surface area contributed by atoms with Gasteiger partial charge in [-0.2, -0.15) is 0 Å². The summed E-state index contributed by atoms with van der Waals surface area (Å²) < 4.78 is 5.46. The van der Waals surface area contributed by atoms with E-state index in [4.69, 9.17) is 4.74 Å². The van der Waals surface area contributed by atoms with Crippen molar-refractivity contribution in [1.82, 2.24) is 0 Å². The van der Waals surface area contributed by atoms with Gasteiger partial charge in [0.1, 0.15) is 5.75 Å². The van der Waals surface area contributed by atoms with E-state index in [1.54, 1.807) is 6.07 Å². The van der Waals surface area contributed by atoms with E-state index in [1.165, 1.54) is 12.1 Å². The molecular formula is C15H24N2O4. The predicted molar refractivity (Wildman–Crippen MR) is 82.9 cm³/mol. The Morgan fingerprint density at radius 3 is 2.48 bits per heavy atom. The van der Waals surface area contributed by atoms with E-state index in [1.807, 2.05) is 20.8 Å². The summed E-state index contributed by atoms with van der Waals surface area (Å²) in [5, 5.41) is 24.3. The summed E-state index contributed by atoms with van der Waals surface area (Å²) in [7, 11) is 0. The molecular weight excluding hydrogens is 272 g/mol. The Morgan fingerprint density at radius 1 is 1.29 bits per heavy atom. The molecule has 118 valence electrons. The van der Waals surface area contributed by atoms with Gasteiger partial charge in [-0.1, -0.05) is 20.8 Å². The second-order valence-electron chi connectivity index (χ2n) is 5.11. The SMILES string of the molecule is CCCOc1cc(NCC(O)(CC)CC)cc([N+](=O)[O-])c1. The summed E-state index contributed by atoms with van der Waals surface area (Å²) in [6.07, 6.45) is 2.06. The zero-order chi connectivity index (χ0) is 15.9. The number of rotatable bonds is 9. The first-order valence-electron chi connectivity index (χ1n) is 7.32. The number of nitrogens with zero attached hydrogens (tertiary/aromatic N) is 1. The fourth-order valence-electron chi connectivity index (χ4n) is 1.86. The van der Waals surface area contributed by atoms with Gasteiger partial charge in [0.25, 0.3) is 5.69 Å². The summed E-state index contributed by atoms with van der Waals surface area (Å²) in [5.74, 6) is 0.463. The van der Waals surface area contributed by atoms with Gasteiger partial charge in [-0.15, -0.1) is 0 Å². The van der Waals surface area contributed by atoms with Gasteiger partial charge in [-0.3, -0.25) is 10.1 Å². The van der Waals surface area contributed by atoms with Crippen molar-refractivity contribution < 1.29 is 14.8 Å². The topological polar surface area (TPSA) is 84.6 Å². The van der Waals surface area contributed by atoms with Crippen molar-refractivity contribution in [2.45, 2.75) is 45.6 Å². The van der Waals surface area contributed by atoms with Crippen LogP contribution in [0.1, 0.15) is 40.0 Å². The normalized spacial score (nSPS) is 11.2. The molecule has 1 aromatic carbocycles.